The Morgan fingerprint density at radius 2 is 2.00 bits per heavy atom. The van der Waals surface area contributed by atoms with E-state index in [1.165, 1.54) is 0 Å². The van der Waals surface area contributed by atoms with Gasteiger partial charge in [-0.2, -0.15) is 0 Å². The van der Waals surface area contributed by atoms with Crippen LogP contribution in [0.25, 0.3) is 11.1 Å². The molecule has 2 heterocycles. The highest BCUT2D eigenvalue weighted by Crippen LogP contribution is 2.44. The minimum Gasteiger partial charge on any atom is -0.408 e. The summed E-state index contributed by atoms with van der Waals surface area (Å²) in [5, 5.41) is -0.158. The summed E-state index contributed by atoms with van der Waals surface area (Å²) in [6.07, 6.45) is 0.335. The highest BCUT2D eigenvalue weighted by Gasteiger charge is 2.41. The maximum absolute atomic E-state index is 11.2. The van der Waals surface area contributed by atoms with Crippen molar-refractivity contribution in [1.82, 2.24) is 4.98 Å². The Morgan fingerprint density at radius 1 is 1.25 bits per heavy atom. The molecule has 0 bridgehead atoms. The standard InChI is InChI=1S/C15H18ClNO3/c1-7-8(2)19-9(3)13(7)14(16)10-4-5-11-12(6-10)20-15(18)17-11/h4-9,13-14H,1-3H3,(H,17,18). The van der Waals surface area contributed by atoms with Crippen LogP contribution in [-0.2, 0) is 4.74 Å². The normalized spacial score (nSPS) is 31.8. The van der Waals surface area contributed by atoms with Crippen LogP contribution in [-0.4, -0.2) is 17.2 Å². The number of hydrogen-bond donors (Lipinski definition) is 1. The summed E-state index contributed by atoms with van der Waals surface area (Å²) in [4.78, 5) is 13.8. The maximum atomic E-state index is 11.2. The number of benzene rings is 1. The van der Waals surface area contributed by atoms with Gasteiger partial charge in [0, 0.05) is 5.92 Å². The van der Waals surface area contributed by atoms with Crippen molar-refractivity contribution in [3.8, 4) is 0 Å². The first-order valence-electron chi connectivity index (χ1n) is 6.89. The Hall–Kier alpha value is -1.26. The van der Waals surface area contributed by atoms with Crippen molar-refractivity contribution in [2.24, 2.45) is 11.8 Å². The molecule has 5 atom stereocenters. The summed E-state index contributed by atoms with van der Waals surface area (Å²) < 4.78 is 11.0. The third kappa shape index (κ3) is 2.17. The van der Waals surface area contributed by atoms with E-state index in [4.69, 9.17) is 20.8 Å². The number of rotatable bonds is 2. The van der Waals surface area contributed by atoms with E-state index < -0.39 is 5.76 Å². The largest absolute Gasteiger partial charge is 0.417 e. The average Bonchev–Trinajstić information content (AvgIpc) is 2.87. The number of hydrogen-bond acceptors (Lipinski definition) is 3. The second-order valence-electron chi connectivity index (χ2n) is 5.65. The molecule has 0 amide bonds. The van der Waals surface area contributed by atoms with Gasteiger partial charge in [-0.1, -0.05) is 13.0 Å². The van der Waals surface area contributed by atoms with Crippen molar-refractivity contribution in [2.45, 2.75) is 38.4 Å². The highest BCUT2D eigenvalue weighted by molar-refractivity contribution is 6.21. The first-order valence-corrected chi connectivity index (χ1v) is 7.33. The number of aromatic nitrogens is 1. The average molecular weight is 296 g/mol. The van der Waals surface area contributed by atoms with Gasteiger partial charge in [-0.15, -0.1) is 11.6 Å². The Balaban J connectivity index is 1.95. The first kappa shape index (κ1) is 13.7. The fourth-order valence-corrected chi connectivity index (χ4v) is 3.72. The second kappa shape index (κ2) is 4.93. The number of H-pyrrole nitrogens is 1. The van der Waals surface area contributed by atoms with Gasteiger partial charge in [-0.3, -0.25) is 4.98 Å². The van der Waals surface area contributed by atoms with Crippen LogP contribution in [0.5, 0.6) is 0 Å². The van der Waals surface area contributed by atoms with Crippen LogP contribution in [0.1, 0.15) is 31.7 Å². The van der Waals surface area contributed by atoms with Crippen LogP contribution < -0.4 is 5.76 Å². The molecule has 1 N–H and O–H groups in total. The Morgan fingerprint density at radius 3 is 2.65 bits per heavy atom. The van der Waals surface area contributed by atoms with E-state index in [1.54, 1.807) is 0 Å². The van der Waals surface area contributed by atoms with Crippen molar-refractivity contribution in [3.05, 3.63) is 34.3 Å². The van der Waals surface area contributed by atoms with Crippen molar-refractivity contribution >= 4 is 22.7 Å². The summed E-state index contributed by atoms with van der Waals surface area (Å²) in [5.74, 6) is 0.194. The third-order valence-corrected chi connectivity index (χ3v) is 4.96. The number of halogens is 1. The Labute approximate surface area is 122 Å². The quantitative estimate of drug-likeness (QED) is 0.863. The van der Waals surface area contributed by atoms with E-state index in [1.807, 2.05) is 18.2 Å². The molecule has 1 aromatic heterocycles. The topological polar surface area (TPSA) is 55.2 Å². The molecule has 0 radical (unpaired) electrons. The van der Waals surface area contributed by atoms with E-state index in [0.717, 1.165) is 5.56 Å². The molecule has 0 aliphatic carbocycles. The van der Waals surface area contributed by atoms with E-state index in [0.29, 0.717) is 17.0 Å². The molecule has 1 aliphatic rings. The van der Waals surface area contributed by atoms with Crippen LogP contribution >= 0.6 is 11.6 Å². The number of alkyl halides is 1. The number of oxazole rings is 1. The van der Waals surface area contributed by atoms with Gasteiger partial charge in [0.05, 0.1) is 23.1 Å². The van der Waals surface area contributed by atoms with Crippen molar-refractivity contribution < 1.29 is 9.15 Å². The molecule has 1 aromatic carbocycles. The molecule has 20 heavy (non-hydrogen) atoms. The Kier molecular flexibility index (Phi) is 3.38. The summed E-state index contributed by atoms with van der Waals surface area (Å²) >= 11 is 6.66. The first-order chi connectivity index (χ1) is 9.47. The molecule has 0 spiro atoms. The molecule has 2 aromatic rings. The van der Waals surface area contributed by atoms with Gasteiger partial charge in [0.2, 0.25) is 0 Å². The van der Waals surface area contributed by atoms with Gasteiger partial charge in [0.25, 0.3) is 0 Å². The van der Waals surface area contributed by atoms with Gasteiger partial charge in [0.1, 0.15) is 0 Å². The van der Waals surface area contributed by atoms with Crippen LogP contribution in [0.15, 0.2) is 27.4 Å². The van der Waals surface area contributed by atoms with Gasteiger partial charge in [-0.05, 0) is 37.5 Å². The highest BCUT2D eigenvalue weighted by atomic mass is 35.5. The molecule has 1 saturated heterocycles. The van der Waals surface area contributed by atoms with Crippen LogP contribution in [0.4, 0.5) is 0 Å². The van der Waals surface area contributed by atoms with Crippen LogP contribution in [0.2, 0.25) is 0 Å². The van der Waals surface area contributed by atoms with E-state index in [2.05, 4.69) is 25.8 Å². The predicted molar refractivity (Wildman–Crippen MR) is 78.1 cm³/mol. The van der Waals surface area contributed by atoms with Crippen molar-refractivity contribution in [1.29, 1.82) is 0 Å². The van der Waals surface area contributed by atoms with Crippen molar-refractivity contribution in [2.75, 3.05) is 0 Å². The Bertz CT molecular complexity index is 677. The summed E-state index contributed by atoms with van der Waals surface area (Å²) in [6.45, 7) is 6.32. The number of aromatic amines is 1. The third-order valence-electron chi connectivity index (χ3n) is 4.42. The minimum absolute atomic E-state index is 0.122. The van der Waals surface area contributed by atoms with Gasteiger partial charge >= 0.3 is 5.76 Å². The van der Waals surface area contributed by atoms with E-state index in [9.17, 15) is 4.79 Å². The summed E-state index contributed by atoms with van der Waals surface area (Å²) in [5.41, 5.74) is 2.20. The molecule has 0 saturated carbocycles. The monoisotopic (exact) mass is 295 g/mol. The minimum atomic E-state index is -0.442. The predicted octanol–water partition coefficient (Wildman–Crippen LogP) is 3.46. The number of nitrogens with one attached hydrogen (secondary N) is 1. The molecular formula is C15H18ClNO3. The zero-order valence-corrected chi connectivity index (χ0v) is 12.5. The lowest BCUT2D eigenvalue weighted by atomic mass is 9.84. The lowest BCUT2D eigenvalue weighted by Crippen LogP contribution is -2.22. The zero-order valence-electron chi connectivity index (χ0n) is 11.7. The van der Waals surface area contributed by atoms with E-state index in [-0.39, 0.29) is 23.5 Å². The SMILES string of the molecule is CC1OC(C)C(C(Cl)c2ccc3[nH]c(=O)oc3c2)C1C. The lowest BCUT2D eigenvalue weighted by Gasteiger charge is -2.24. The molecule has 4 nitrogen and oxygen atoms in total. The smallest absolute Gasteiger partial charge is 0.408 e. The molecule has 1 aliphatic heterocycles. The van der Waals surface area contributed by atoms with Crippen molar-refractivity contribution in [3.63, 3.8) is 0 Å². The molecule has 3 rings (SSSR count). The van der Waals surface area contributed by atoms with E-state index >= 15 is 0 Å². The molecule has 1 fully saturated rings. The fourth-order valence-electron chi connectivity index (χ4n) is 3.15. The zero-order chi connectivity index (χ0) is 14.4. The molecule has 5 unspecified atom stereocenters. The summed E-state index contributed by atoms with van der Waals surface area (Å²) in [7, 11) is 0. The fraction of sp³-hybridized carbons (Fsp3) is 0.533. The molecule has 5 heteroatoms. The van der Waals surface area contributed by atoms with Crippen LogP contribution in [0, 0.1) is 11.8 Å². The molecular weight excluding hydrogens is 278 g/mol. The molecule has 108 valence electrons. The lowest BCUT2D eigenvalue weighted by molar-refractivity contribution is 0.0508. The van der Waals surface area contributed by atoms with Gasteiger partial charge < -0.3 is 9.15 Å². The number of fused-ring (bicyclic) bond motifs is 1. The van der Waals surface area contributed by atoms with Gasteiger partial charge in [0.15, 0.2) is 5.58 Å². The summed E-state index contributed by atoms with van der Waals surface area (Å²) in [6, 6.07) is 5.61. The van der Waals surface area contributed by atoms with Crippen LogP contribution in [0.3, 0.4) is 0 Å². The second-order valence-corrected chi connectivity index (χ2v) is 6.12. The maximum Gasteiger partial charge on any atom is 0.417 e. The number of ether oxygens (including phenoxy) is 1. The van der Waals surface area contributed by atoms with Gasteiger partial charge in [-0.25, -0.2) is 4.79 Å².